The lowest BCUT2D eigenvalue weighted by Gasteiger charge is -2.02. The first-order valence-corrected chi connectivity index (χ1v) is 3.01. The molecule has 0 aromatic rings. The second-order valence-corrected chi connectivity index (χ2v) is 2.29. The first-order valence-electron chi connectivity index (χ1n) is 3.01. The van der Waals surface area contributed by atoms with Crippen LogP contribution in [0.1, 0.15) is 19.3 Å². The molecule has 0 aliphatic heterocycles. The summed E-state index contributed by atoms with van der Waals surface area (Å²) in [5.41, 5.74) is 0. The largest absolute Gasteiger partial charge is 0.381 e. The molecule has 1 aliphatic carbocycles. The smallest absolute Gasteiger partial charge is 0.0955 e. The molecule has 2 atom stereocenters. The molecule has 1 aliphatic rings. The summed E-state index contributed by atoms with van der Waals surface area (Å²) >= 11 is 0. The Kier molecular flexibility index (Phi) is 1.86. The van der Waals surface area contributed by atoms with Crippen molar-refractivity contribution >= 4 is 0 Å². The third-order valence-electron chi connectivity index (χ3n) is 1.67. The number of hydrogen-bond acceptors (Lipinski definition) is 1. The lowest BCUT2D eigenvalue weighted by Crippen LogP contribution is -2.05. The van der Waals surface area contributed by atoms with Gasteiger partial charge in [-0.05, 0) is 12.8 Å². The lowest BCUT2D eigenvalue weighted by atomic mass is 10.3. The first-order chi connectivity index (χ1) is 3.83. The Morgan fingerprint density at radius 2 is 2.25 bits per heavy atom. The van der Waals surface area contributed by atoms with Crippen molar-refractivity contribution in [3.63, 3.8) is 0 Å². The highest BCUT2D eigenvalue weighted by molar-refractivity contribution is 4.73. The molecule has 1 rings (SSSR count). The van der Waals surface area contributed by atoms with E-state index in [9.17, 15) is 5.11 Å². The molecule has 0 amide bonds. The quantitative estimate of drug-likeness (QED) is 0.501. The van der Waals surface area contributed by atoms with Gasteiger partial charge in [-0.3, -0.25) is 0 Å². The van der Waals surface area contributed by atoms with Gasteiger partial charge >= 0.3 is 0 Å². The molecular formula is C6H11O2. The fourth-order valence-corrected chi connectivity index (χ4v) is 1.11. The molecule has 0 saturated heterocycles. The van der Waals surface area contributed by atoms with Crippen molar-refractivity contribution in [2.24, 2.45) is 0 Å². The molecule has 1 radical (unpaired) electrons. The van der Waals surface area contributed by atoms with Gasteiger partial charge in [0.15, 0.2) is 0 Å². The topological polar surface area (TPSA) is 29.1 Å². The maximum Gasteiger partial charge on any atom is 0.0955 e. The van der Waals surface area contributed by atoms with Gasteiger partial charge in [-0.15, -0.1) is 0 Å². The molecule has 0 aromatic carbocycles. The molecule has 0 aromatic heterocycles. The van der Waals surface area contributed by atoms with Gasteiger partial charge in [0.25, 0.3) is 0 Å². The molecule has 0 N–H and O–H groups in total. The van der Waals surface area contributed by atoms with Gasteiger partial charge in [0.05, 0.1) is 12.2 Å². The average Bonchev–Trinajstić information content (AvgIpc) is 2.14. The molecule has 2 unspecified atom stereocenters. The zero-order valence-electron chi connectivity index (χ0n) is 5.09. The average molecular weight is 115 g/mol. The van der Waals surface area contributed by atoms with E-state index in [0.29, 0.717) is 0 Å². The highest BCUT2D eigenvalue weighted by atomic mass is 16.5. The van der Waals surface area contributed by atoms with Crippen LogP contribution in [-0.4, -0.2) is 19.3 Å². The minimum absolute atomic E-state index is 0.262. The maximum atomic E-state index is 10.6. The van der Waals surface area contributed by atoms with E-state index in [1.54, 1.807) is 7.11 Å². The number of rotatable bonds is 1. The van der Waals surface area contributed by atoms with E-state index in [1.165, 1.54) is 0 Å². The lowest BCUT2D eigenvalue weighted by molar-refractivity contribution is 0.0601. The van der Waals surface area contributed by atoms with Crippen LogP contribution in [0.5, 0.6) is 0 Å². The minimum Gasteiger partial charge on any atom is -0.381 e. The Bertz CT molecular complexity index is 72.9. The van der Waals surface area contributed by atoms with Crippen LogP contribution in [0.15, 0.2) is 0 Å². The SMILES string of the molecule is COC1CCC([O])C1. The third kappa shape index (κ3) is 1.20. The van der Waals surface area contributed by atoms with E-state index in [-0.39, 0.29) is 12.2 Å². The van der Waals surface area contributed by atoms with Crippen molar-refractivity contribution in [3.05, 3.63) is 0 Å². The van der Waals surface area contributed by atoms with Crippen molar-refractivity contribution in [2.45, 2.75) is 31.5 Å². The van der Waals surface area contributed by atoms with E-state index in [4.69, 9.17) is 4.74 Å². The summed E-state index contributed by atoms with van der Waals surface area (Å²) in [7, 11) is 1.67. The number of hydrogen-bond donors (Lipinski definition) is 0. The molecule has 1 saturated carbocycles. The van der Waals surface area contributed by atoms with E-state index in [2.05, 4.69) is 0 Å². The summed E-state index contributed by atoms with van der Waals surface area (Å²) in [6.07, 6.45) is 2.40. The van der Waals surface area contributed by atoms with E-state index in [1.807, 2.05) is 0 Å². The third-order valence-corrected chi connectivity index (χ3v) is 1.67. The highest BCUT2D eigenvalue weighted by Gasteiger charge is 2.22. The van der Waals surface area contributed by atoms with E-state index >= 15 is 0 Å². The normalized spacial score (nSPS) is 38.2. The molecule has 1 fully saturated rings. The second kappa shape index (κ2) is 2.46. The number of methoxy groups -OCH3 is 1. The van der Waals surface area contributed by atoms with Crippen LogP contribution < -0.4 is 0 Å². The van der Waals surface area contributed by atoms with Crippen LogP contribution in [0.3, 0.4) is 0 Å². The van der Waals surface area contributed by atoms with Gasteiger partial charge in [-0.25, -0.2) is 5.11 Å². The van der Waals surface area contributed by atoms with Gasteiger partial charge in [-0.2, -0.15) is 0 Å². The standard InChI is InChI=1S/C6H11O2/c1-8-6-3-2-5(7)4-6/h5-6H,2-4H2,1H3. The summed E-state index contributed by atoms with van der Waals surface area (Å²) in [6.45, 7) is 0. The molecule has 2 nitrogen and oxygen atoms in total. The monoisotopic (exact) mass is 115 g/mol. The summed E-state index contributed by atoms with van der Waals surface area (Å²) in [5.74, 6) is 0. The Balaban J connectivity index is 2.22. The predicted octanol–water partition coefficient (Wildman–Crippen LogP) is 0.984. The Morgan fingerprint density at radius 3 is 2.50 bits per heavy atom. The van der Waals surface area contributed by atoms with Crippen LogP contribution >= 0.6 is 0 Å². The van der Waals surface area contributed by atoms with Crippen molar-refractivity contribution in [1.82, 2.24) is 0 Å². The van der Waals surface area contributed by atoms with Gasteiger partial charge < -0.3 is 4.74 Å². The molecule has 8 heavy (non-hydrogen) atoms. The Hall–Kier alpha value is -0.0800. The van der Waals surface area contributed by atoms with Crippen molar-refractivity contribution in [3.8, 4) is 0 Å². The molecule has 0 spiro atoms. The fourth-order valence-electron chi connectivity index (χ4n) is 1.11. The van der Waals surface area contributed by atoms with Crippen molar-refractivity contribution in [1.29, 1.82) is 0 Å². The molecule has 2 heteroatoms. The molecule has 0 heterocycles. The van der Waals surface area contributed by atoms with Crippen LogP contribution in [-0.2, 0) is 9.84 Å². The predicted molar refractivity (Wildman–Crippen MR) is 29.1 cm³/mol. The Labute approximate surface area is 49.5 Å². The number of ether oxygens (including phenoxy) is 1. The molecule has 0 bridgehead atoms. The summed E-state index contributed by atoms with van der Waals surface area (Å²) < 4.78 is 4.98. The van der Waals surface area contributed by atoms with Gasteiger partial charge in [0, 0.05) is 13.5 Å². The Morgan fingerprint density at radius 1 is 1.50 bits per heavy atom. The van der Waals surface area contributed by atoms with Gasteiger partial charge in [-0.1, -0.05) is 0 Å². The van der Waals surface area contributed by atoms with Crippen LogP contribution in [0.4, 0.5) is 0 Å². The summed E-state index contributed by atoms with van der Waals surface area (Å²) in [6, 6.07) is 0. The fraction of sp³-hybridized carbons (Fsp3) is 1.00. The van der Waals surface area contributed by atoms with Gasteiger partial charge in [0.2, 0.25) is 0 Å². The van der Waals surface area contributed by atoms with E-state index < -0.39 is 0 Å². The van der Waals surface area contributed by atoms with E-state index in [0.717, 1.165) is 19.3 Å². The first kappa shape index (κ1) is 6.05. The molecule has 47 valence electrons. The second-order valence-electron chi connectivity index (χ2n) is 2.29. The van der Waals surface area contributed by atoms with Crippen molar-refractivity contribution < 1.29 is 9.84 Å². The summed E-state index contributed by atoms with van der Waals surface area (Å²) in [5, 5.41) is 10.6. The van der Waals surface area contributed by atoms with Crippen LogP contribution in [0.25, 0.3) is 0 Å². The summed E-state index contributed by atoms with van der Waals surface area (Å²) in [4.78, 5) is 0. The zero-order chi connectivity index (χ0) is 5.98. The van der Waals surface area contributed by atoms with Crippen LogP contribution in [0, 0.1) is 0 Å². The van der Waals surface area contributed by atoms with Crippen molar-refractivity contribution in [2.75, 3.05) is 7.11 Å². The highest BCUT2D eigenvalue weighted by Crippen LogP contribution is 2.20. The zero-order valence-corrected chi connectivity index (χ0v) is 5.09. The van der Waals surface area contributed by atoms with Crippen LogP contribution in [0.2, 0.25) is 0 Å². The maximum absolute atomic E-state index is 10.6. The molecular weight excluding hydrogens is 104 g/mol. The van der Waals surface area contributed by atoms with Gasteiger partial charge in [0.1, 0.15) is 0 Å². The minimum atomic E-state index is -0.347.